The second kappa shape index (κ2) is 7.80. The molecule has 0 aromatic carbocycles. The van der Waals surface area contributed by atoms with Crippen LogP contribution in [0.1, 0.15) is 65.0 Å². The van der Waals surface area contributed by atoms with Gasteiger partial charge >= 0.3 is 0 Å². The molecular weight excluding hydrogens is 384 g/mol. The van der Waals surface area contributed by atoms with Crippen LogP contribution in [0, 0.1) is 10.8 Å². The first-order valence-electron chi connectivity index (χ1n) is 10.7. The van der Waals surface area contributed by atoms with Crippen molar-refractivity contribution in [1.29, 1.82) is 5.41 Å². The molecule has 1 amide bonds. The largest absolute Gasteiger partial charge is 0.365 e. The number of nitrogens with one attached hydrogen (secondary N) is 3. The molecule has 2 aliphatic heterocycles. The third-order valence-electron chi connectivity index (χ3n) is 6.58. The molecule has 1 saturated carbocycles. The van der Waals surface area contributed by atoms with Crippen LogP contribution in [0.3, 0.4) is 0 Å². The maximum absolute atomic E-state index is 12.2. The van der Waals surface area contributed by atoms with Crippen LogP contribution < -0.4 is 11.1 Å². The number of rotatable bonds is 7. The number of nitrogens with zero attached hydrogens (tertiary/aromatic N) is 2. The lowest BCUT2D eigenvalue weighted by atomic mass is 9.60. The number of likely N-dealkylation sites (tertiary alicyclic amines) is 1. The second-order valence-corrected chi connectivity index (χ2v) is 10.0. The van der Waals surface area contributed by atoms with Crippen LogP contribution in [0.25, 0.3) is 5.57 Å². The Kier molecular flexibility index (Phi) is 5.50. The lowest BCUT2D eigenvalue weighted by Gasteiger charge is -2.59. The fourth-order valence-corrected chi connectivity index (χ4v) is 5.75. The quantitative estimate of drug-likeness (QED) is 0.508. The third kappa shape index (κ3) is 3.72. The molecule has 8 heteroatoms. The Morgan fingerprint density at radius 3 is 2.83 bits per heavy atom. The average Bonchev–Trinajstić information content (AvgIpc) is 3.13. The number of thioether (sulfide) groups is 1. The molecule has 158 valence electrons. The Hall–Kier alpha value is -1.80. The number of carbonyl (C=O) groups excluding carboxylic acids is 1. The van der Waals surface area contributed by atoms with Gasteiger partial charge in [0.25, 0.3) is 0 Å². The third-order valence-corrected chi connectivity index (χ3v) is 7.59. The summed E-state index contributed by atoms with van der Waals surface area (Å²) in [6.07, 6.45) is 6.17. The highest BCUT2D eigenvalue weighted by Gasteiger charge is 2.53. The number of aromatic nitrogens is 2. The standard InChI is InChI=1S/C21H32N6OS/c1-4-5-6-7-15(28)27-10-21(11-27)8-14(9-21)24-20-18-17(25-26-20)16(19(23)29-18)12(2)13(3)22/h13-14,23H,4-11,22H2,1-3H3,(H2,24,25,26)/b16-12-,23-19?. The number of carbonyl (C=O) groups is 1. The van der Waals surface area contributed by atoms with Gasteiger partial charge in [-0.15, -0.1) is 0 Å². The topological polar surface area (TPSA) is 111 Å². The number of unbranched alkanes of at least 4 members (excludes halogenated alkanes) is 2. The molecule has 3 heterocycles. The summed E-state index contributed by atoms with van der Waals surface area (Å²) in [4.78, 5) is 15.3. The molecule has 1 aromatic rings. The van der Waals surface area contributed by atoms with Gasteiger partial charge in [-0.1, -0.05) is 31.5 Å². The van der Waals surface area contributed by atoms with Crippen LogP contribution in [0.15, 0.2) is 10.5 Å². The van der Waals surface area contributed by atoms with Crippen LogP contribution in [0.4, 0.5) is 5.82 Å². The molecule has 0 bridgehead atoms. The van der Waals surface area contributed by atoms with E-state index in [4.69, 9.17) is 11.1 Å². The molecule has 29 heavy (non-hydrogen) atoms. The zero-order chi connectivity index (χ0) is 20.8. The van der Waals surface area contributed by atoms with Crippen molar-refractivity contribution in [1.82, 2.24) is 15.1 Å². The van der Waals surface area contributed by atoms with Crippen molar-refractivity contribution in [2.24, 2.45) is 11.1 Å². The van der Waals surface area contributed by atoms with Gasteiger partial charge in [-0.25, -0.2) is 0 Å². The summed E-state index contributed by atoms with van der Waals surface area (Å²) in [5.74, 6) is 1.17. The summed E-state index contributed by atoms with van der Waals surface area (Å²) < 4.78 is 0. The molecule has 4 rings (SSSR count). The molecule has 1 aromatic heterocycles. The van der Waals surface area contributed by atoms with E-state index in [-0.39, 0.29) is 6.04 Å². The van der Waals surface area contributed by atoms with Crippen LogP contribution in [0.5, 0.6) is 0 Å². The molecule has 2 fully saturated rings. The zero-order valence-corrected chi connectivity index (χ0v) is 18.4. The Morgan fingerprint density at radius 2 is 2.17 bits per heavy atom. The summed E-state index contributed by atoms with van der Waals surface area (Å²) in [5.41, 5.74) is 9.16. The van der Waals surface area contributed by atoms with Crippen molar-refractivity contribution in [3.8, 4) is 0 Å². The minimum absolute atomic E-state index is 0.0886. The molecule has 1 aliphatic carbocycles. The van der Waals surface area contributed by atoms with E-state index in [1.165, 1.54) is 11.8 Å². The minimum Gasteiger partial charge on any atom is -0.365 e. The summed E-state index contributed by atoms with van der Waals surface area (Å²) in [6.45, 7) is 7.92. The molecule has 0 radical (unpaired) electrons. The highest BCUT2D eigenvalue weighted by Crippen LogP contribution is 2.51. The van der Waals surface area contributed by atoms with Crippen LogP contribution in [0.2, 0.25) is 0 Å². The first-order chi connectivity index (χ1) is 13.8. The Bertz CT molecular complexity index is 843. The van der Waals surface area contributed by atoms with E-state index in [9.17, 15) is 4.79 Å². The fraction of sp³-hybridized carbons (Fsp3) is 0.667. The number of H-pyrrole nitrogens is 1. The van der Waals surface area contributed by atoms with E-state index in [1.807, 2.05) is 18.7 Å². The lowest BCUT2D eigenvalue weighted by molar-refractivity contribution is -0.150. The number of fused-ring (bicyclic) bond motifs is 1. The second-order valence-electron chi connectivity index (χ2n) is 9.01. The van der Waals surface area contributed by atoms with Gasteiger partial charge in [-0.05, 0) is 38.7 Å². The highest BCUT2D eigenvalue weighted by atomic mass is 32.2. The van der Waals surface area contributed by atoms with Gasteiger partial charge in [0.05, 0.1) is 10.6 Å². The van der Waals surface area contributed by atoms with Gasteiger partial charge in [-0.3, -0.25) is 15.3 Å². The Morgan fingerprint density at radius 1 is 1.45 bits per heavy atom. The summed E-state index contributed by atoms with van der Waals surface area (Å²) in [5, 5.41) is 20.0. The van der Waals surface area contributed by atoms with Crippen molar-refractivity contribution in [3.63, 3.8) is 0 Å². The van der Waals surface area contributed by atoms with Crippen LogP contribution in [-0.2, 0) is 4.79 Å². The number of nitrogens with two attached hydrogens (primary N) is 1. The SMILES string of the molecule is CCCCCC(=O)N1CC2(CC(Nc3n[nH]c4c3SC(=N)/C4=C(/C)C(C)N)C2)C1. The molecular formula is C21H32N6OS. The Labute approximate surface area is 176 Å². The first kappa shape index (κ1) is 20.5. The number of aromatic amines is 1. The normalized spacial score (nSPS) is 22.9. The zero-order valence-electron chi connectivity index (χ0n) is 17.6. The lowest BCUT2D eigenvalue weighted by Crippen LogP contribution is -2.66. The summed E-state index contributed by atoms with van der Waals surface area (Å²) in [6, 6.07) is 0.298. The molecule has 1 unspecified atom stereocenters. The number of anilines is 1. The van der Waals surface area contributed by atoms with Crippen LogP contribution in [-0.4, -0.2) is 51.2 Å². The van der Waals surface area contributed by atoms with Gasteiger partial charge in [0, 0.05) is 42.6 Å². The van der Waals surface area contributed by atoms with Crippen LogP contribution >= 0.6 is 11.8 Å². The summed E-state index contributed by atoms with van der Waals surface area (Å²) >= 11 is 1.45. The molecule has 1 saturated heterocycles. The fourth-order valence-electron chi connectivity index (χ4n) is 4.73. The number of hydrogen-bond donors (Lipinski definition) is 4. The molecule has 7 nitrogen and oxygen atoms in total. The van der Waals surface area contributed by atoms with Crippen molar-refractivity contribution in [2.45, 2.75) is 76.3 Å². The van der Waals surface area contributed by atoms with E-state index < -0.39 is 0 Å². The van der Waals surface area contributed by atoms with E-state index in [0.29, 0.717) is 28.8 Å². The van der Waals surface area contributed by atoms with Crippen molar-refractivity contribution in [2.75, 3.05) is 18.4 Å². The number of amides is 1. The Balaban J connectivity index is 1.31. The predicted octanol–water partition coefficient (Wildman–Crippen LogP) is 3.60. The van der Waals surface area contributed by atoms with Gasteiger partial charge in [0.2, 0.25) is 5.91 Å². The molecule has 1 spiro atoms. The van der Waals surface area contributed by atoms with Gasteiger partial charge < -0.3 is 16.0 Å². The predicted molar refractivity (Wildman–Crippen MR) is 118 cm³/mol. The molecule has 5 N–H and O–H groups in total. The summed E-state index contributed by atoms with van der Waals surface area (Å²) in [7, 11) is 0. The van der Waals surface area contributed by atoms with Gasteiger partial charge in [0.1, 0.15) is 5.04 Å². The maximum Gasteiger partial charge on any atom is 0.222 e. The molecule has 1 atom stereocenters. The monoisotopic (exact) mass is 416 g/mol. The van der Waals surface area contributed by atoms with Gasteiger partial charge in [0.15, 0.2) is 5.82 Å². The highest BCUT2D eigenvalue weighted by molar-refractivity contribution is 8.15. The van der Waals surface area contributed by atoms with E-state index in [0.717, 1.165) is 72.7 Å². The maximum atomic E-state index is 12.2. The van der Waals surface area contributed by atoms with E-state index in [1.54, 1.807) is 0 Å². The van der Waals surface area contributed by atoms with E-state index in [2.05, 4.69) is 22.4 Å². The number of hydrogen-bond acceptors (Lipinski definition) is 6. The smallest absolute Gasteiger partial charge is 0.222 e. The van der Waals surface area contributed by atoms with Crippen molar-refractivity contribution in [3.05, 3.63) is 11.3 Å². The van der Waals surface area contributed by atoms with Crippen molar-refractivity contribution < 1.29 is 4.79 Å². The van der Waals surface area contributed by atoms with Crippen molar-refractivity contribution >= 4 is 34.1 Å². The minimum atomic E-state index is -0.0886. The van der Waals surface area contributed by atoms with Gasteiger partial charge in [-0.2, -0.15) is 5.10 Å². The first-order valence-corrected chi connectivity index (χ1v) is 11.5. The molecule has 3 aliphatic rings. The average molecular weight is 417 g/mol. The van der Waals surface area contributed by atoms with E-state index >= 15 is 0 Å².